The Kier molecular flexibility index (Phi) is 5.15. The fourth-order valence-corrected chi connectivity index (χ4v) is 3.04. The molecule has 0 saturated carbocycles. The van der Waals surface area contributed by atoms with E-state index in [2.05, 4.69) is 21.2 Å². The molecule has 18 heavy (non-hydrogen) atoms. The zero-order chi connectivity index (χ0) is 13.8. The SMILES string of the molecule is CCCNC(=O)CS(=O)(=O)c1ccc(Br)cc1N. The molecule has 3 N–H and O–H groups in total. The van der Waals surface area contributed by atoms with Crippen LogP contribution in [0.15, 0.2) is 27.6 Å². The summed E-state index contributed by atoms with van der Waals surface area (Å²) in [5.74, 6) is -1.10. The van der Waals surface area contributed by atoms with Crippen LogP contribution in [0.4, 0.5) is 5.69 Å². The number of carbonyl (C=O) groups is 1. The summed E-state index contributed by atoms with van der Waals surface area (Å²) < 4.78 is 24.7. The molecule has 0 saturated heterocycles. The molecule has 0 aliphatic carbocycles. The average Bonchev–Trinajstić information content (AvgIpc) is 2.25. The number of nitrogens with two attached hydrogens (primary N) is 1. The zero-order valence-corrected chi connectivity index (χ0v) is 12.3. The van der Waals surface area contributed by atoms with Crippen molar-refractivity contribution >= 4 is 37.4 Å². The van der Waals surface area contributed by atoms with Gasteiger partial charge in [-0.25, -0.2) is 8.42 Å². The van der Waals surface area contributed by atoms with E-state index >= 15 is 0 Å². The van der Waals surface area contributed by atoms with Gasteiger partial charge in [0.05, 0.1) is 10.6 Å². The van der Waals surface area contributed by atoms with Crippen LogP contribution in [0, 0.1) is 0 Å². The molecule has 0 unspecified atom stereocenters. The molecule has 0 aliphatic rings. The Morgan fingerprint density at radius 1 is 1.44 bits per heavy atom. The Morgan fingerprint density at radius 3 is 2.67 bits per heavy atom. The molecule has 0 aromatic heterocycles. The lowest BCUT2D eigenvalue weighted by Gasteiger charge is -2.08. The van der Waals surface area contributed by atoms with Crippen LogP contribution >= 0.6 is 15.9 Å². The summed E-state index contributed by atoms with van der Waals surface area (Å²) in [5, 5.41) is 2.52. The first kappa shape index (κ1) is 15.0. The van der Waals surface area contributed by atoms with Crippen LogP contribution in [-0.2, 0) is 14.6 Å². The van der Waals surface area contributed by atoms with Crippen LogP contribution in [0.3, 0.4) is 0 Å². The molecule has 0 fully saturated rings. The van der Waals surface area contributed by atoms with Gasteiger partial charge in [0.25, 0.3) is 0 Å². The highest BCUT2D eigenvalue weighted by Gasteiger charge is 2.21. The van der Waals surface area contributed by atoms with Crippen molar-refractivity contribution in [1.82, 2.24) is 5.32 Å². The molecule has 5 nitrogen and oxygen atoms in total. The minimum Gasteiger partial charge on any atom is -0.398 e. The Bertz CT molecular complexity index is 543. The summed E-state index contributed by atoms with van der Waals surface area (Å²) >= 11 is 3.19. The summed E-state index contributed by atoms with van der Waals surface area (Å²) in [6, 6.07) is 4.46. The standard InChI is InChI=1S/C11H15BrN2O3S/c1-2-5-14-11(15)7-18(16,17)10-4-3-8(12)6-9(10)13/h3-4,6H,2,5,7,13H2,1H3,(H,14,15). The van der Waals surface area contributed by atoms with Gasteiger partial charge in [0, 0.05) is 11.0 Å². The zero-order valence-electron chi connectivity index (χ0n) is 9.94. The third kappa shape index (κ3) is 3.99. The number of rotatable bonds is 5. The largest absolute Gasteiger partial charge is 0.398 e. The first-order valence-corrected chi connectivity index (χ1v) is 7.86. The number of carbonyl (C=O) groups excluding carboxylic acids is 1. The average molecular weight is 335 g/mol. The number of anilines is 1. The van der Waals surface area contributed by atoms with Gasteiger partial charge in [-0.3, -0.25) is 4.79 Å². The van der Waals surface area contributed by atoms with Crippen molar-refractivity contribution in [2.75, 3.05) is 18.0 Å². The van der Waals surface area contributed by atoms with Crippen molar-refractivity contribution in [3.8, 4) is 0 Å². The first-order valence-electron chi connectivity index (χ1n) is 5.41. The predicted molar refractivity (Wildman–Crippen MR) is 73.9 cm³/mol. The van der Waals surface area contributed by atoms with E-state index in [9.17, 15) is 13.2 Å². The van der Waals surface area contributed by atoms with Crippen molar-refractivity contribution in [3.05, 3.63) is 22.7 Å². The lowest BCUT2D eigenvalue weighted by molar-refractivity contribution is -0.118. The molecule has 0 bridgehead atoms. The lowest BCUT2D eigenvalue weighted by atomic mass is 10.3. The van der Waals surface area contributed by atoms with Crippen LogP contribution < -0.4 is 11.1 Å². The van der Waals surface area contributed by atoms with Gasteiger partial charge in [-0.15, -0.1) is 0 Å². The van der Waals surface area contributed by atoms with Crippen molar-refractivity contribution < 1.29 is 13.2 Å². The van der Waals surface area contributed by atoms with Crippen molar-refractivity contribution in [3.63, 3.8) is 0 Å². The topological polar surface area (TPSA) is 89.3 Å². The number of hydrogen-bond donors (Lipinski definition) is 2. The Morgan fingerprint density at radius 2 is 2.11 bits per heavy atom. The molecule has 1 rings (SSSR count). The molecule has 1 amide bonds. The predicted octanol–water partition coefficient (Wildman–Crippen LogP) is 1.33. The van der Waals surface area contributed by atoms with Crippen LogP contribution in [0.25, 0.3) is 0 Å². The van der Waals surface area contributed by atoms with Gasteiger partial charge in [-0.05, 0) is 24.6 Å². The van der Waals surface area contributed by atoms with Gasteiger partial charge in [0.2, 0.25) is 5.91 Å². The van der Waals surface area contributed by atoms with Crippen LogP contribution in [0.1, 0.15) is 13.3 Å². The summed E-state index contributed by atoms with van der Waals surface area (Å²) in [6.07, 6.45) is 0.756. The van der Waals surface area contributed by atoms with Crippen molar-refractivity contribution in [1.29, 1.82) is 0 Å². The summed E-state index contributed by atoms with van der Waals surface area (Å²) in [5.41, 5.74) is 5.77. The molecule has 1 aromatic rings. The number of sulfone groups is 1. The monoisotopic (exact) mass is 334 g/mol. The molecule has 0 atom stereocenters. The highest BCUT2D eigenvalue weighted by Crippen LogP contribution is 2.23. The number of hydrogen-bond acceptors (Lipinski definition) is 4. The van der Waals surface area contributed by atoms with E-state index in [1.165, 1.54) is 12.1 Å². The molecule has 1 aromatic carbocycles. The Labute approximate surface area is 115 Å². The molecule has 0 spiro atoms. The van der Waals surface area contributed by atoms with E-state index in [1.54, 1.807) is 6.07 Å². The van der Waals surface area contributed by atoms with Gasteiger partial charge in [-0.2, -0.15) is 0 Å². The summed E-state index contributed by atoms with van der Waals surface area (Å²) in [6.45, 7) is 2.35. The summed E-state index contributed by atoms with van der Waals surface area (Å²) in [4.78, 5) is 11.4. The maximum absolute atomic E-state index is 12.0. The van der Waals surface area contributed by atoms with Gasteiger partial charge < -0.3 is 11.1 Å². The van der Waals surface area contributed by atoms with Gasteiger partial charge in [0.1, 0.15) is 5.75 Å². The number of nitrogen functional groups attached to an aromatic ring is 1. The second-order valence-corrected chi connectivity index (χ2v) is 6.66. The second kappa shape index (κ2) is 6.19. The van der Waals surface area contributed by atoms with Gasteiger partial charge >= 0.3 is 0 Å². The molecule has 0 heterocycles. The second-order valence-electron chi connectivity index (χ2n) is 3.79. The molecular weight excluding hydrogens is 320 g/mol. The number of nitrogens with one attached hydrogen (secondary N) is 1. The number of halogens is 1. The van der Waals surface area contributed by atoms with Gasteiger partial charge in [0.15, 0.2) is 9.84 Å². The maximum atomic E-state index is 12.0. The molecule has 100 valence electrons. The fraction of sp³-hybridized carbons (Fsp3) is 0.364. The van der Waals surface area contributed by atoms with Crippen molar-refractivity contribution in [2.45, 2.75) is 18.2 Å². The van der Waals surface area contributed by atoms with E-state index < -0.39 is 21.5 Å². The quantitative estimate of drug-likeness (QED) is 0.795. The molecule has 7 heteroatoms. The minimum atomic E-state index is -3.70. The van der Waals surface area contributed by atoms with Crippen molar-refractivity contribution in [2.24, 2.45) is 0 Å². The lowest BCUT2D eigenvalue weighted by Crippen LogP contribution is -2.31. The van der Waals surface area contributed by atoms with E-state index in [-0.39, 0.29) is 10.6 Å². The van der Waals surface area contributed by atoms with E-state index in [0.29, 0.717) is 11.0 Å². The minimum absolute atomic E-state index is 0.0163. The molecular formula is C11H15BrN2O3S. The first-order chi connectivity index (χ1) is 8.36. The summed E-state index contributed by atoms with van der Waals surface area (Å²) in [7, 11) is -3.70. The smallest absolute Gasteiger partial charge is 0.235 e. The Hall–Kier alpha value is -1.08. The Balaban J connectivity index is 2.90. The van der Waals surface area contributed by atoms with E-state index in [0.717, 1.165) is 6.42 Å². The highest BCUT2D eigenvalue weighted by molar-refractivity contribution is 9.10. The third-order valence-corrected chi connectivity index (χ3v) is 4.38. The maximum Gasteiger partial charge on any atom is 0.235 e. The number of benzene rings is 1. The normalized spacial score (nSPS) is 11.2. The highest BCUT2D eigenvalue weighted by atomic mass is 79.9. The fourth-order valence-electron chi connectivity index (χ4n) is 1.37. The van der Waals surface area contributed by atoms with Crippen LogP contribution in [0.5, 0.6) is 0 Å². The third-order valence-electron chi connectivity index (χ3n) is 2.20. The van der Waals surface area contributed by atoms with E-state index in [4.69, 9.17) is 5.73 Å². The van der Waals surface area contributed by atoms with Crippen LogP contribution in [-0.4, -0.2) is 26.6 Å². The molecule has 0 radical (unpaired) electrons. The van der Waals surface area contributed by atoms with Gasteiger partial charge in [-0.1, -0.05) is 22.9 Å². The van der Waals surface area contributed by atoms with E-state index in [1.807, 2.05) is 6.92 Å². The van der Waals surface area contributed by atoms with Crippen LogP contribution in [0.2, 0.25) is 0 Å². The molecule has 0 aliphatic heterocycles. The number of amides is 1.